The van der Waals surface area contributed by atoms with E-state index in [1.807, 2.05) is 19.1 Å². The Morgan fingerprint density at radius 1 is 1.28 bits per heavy atom. The first kappa shape index (κ1) is 13.4. The zero-order valence-electron chi connectivity index (χ0n) is 10.9. The molecule has 2 atom stereocenters. The number of aryl methyl sites for hydroxylation is 1. The van der Waals surface area contributed by atoms with E-state index in [1.165, 1.54) is 0 Å². The van der Waals surface area contributed by atoms with Gasteiger partial charge in [-0.3, -0.25) is 0 Å². The molecule has 0 spiro atoms. The van der Waals surface area contributed by atoms with Crippen LogP contribution in [0.25, 0.3) is 0 Å². The molecule has 0 amide bonds. The average Bonchev–Trinajstić information content (AvgIpc) is 2.36. The molecular weight excluding hydrogens is 228 g/mol. The second kappa shape index (κ2) is 6.21. The summed E-state index contributed by atoms with van der Waals surface area (Å²) in [4.78, 5) is 0. The van der Waals surface area contributed by atoms with Crippen LogP contribution in [0.1, 0.15) is 36.8 Å². The summed E-state index contributed by atoms with van der Waals surface area (Å²) in [5.74, 6) is 0.336. The maximum absolute atomic E-state index is 9.79. The third-order valence-corrected chi connectivity index (χ3v) is 3.65. The number of aliphatic hydroxyl groups is 1. The van der Waals surface area contributed by atoms with Crippen molar-refractivity contribution >= 4 is 0 Å². The molecule has 100 valence electrons. The van der Waals surface area contributed by atoms with Gasteiger partial charge in [0.1, 0.15) is 5.75 Å². The fraction of sp³-hybridized carbons (Fsp3) is 0.600. The summed E-state index contributed by atoms with van der Waals surface area (Å²) in [5, 5.41) is 19.2. The zero-order valence-corrected chi connectivity index (χ0v) is 10.9. The van der Waals surface area contributed by atoms with Gasteiger partial charge >= 0.3 is 0 Å². The van der Waals surface area contributed by atoms with Crippen molar-refractivity contribution in [1.29, 1.82) is 0 Å². The summed E-state index contributed by atoms with van der Waals surface area (Å²) in [6.45, 7) is 2.52. The maximum Gasteiger partial charge on any atom is 0.118 e. The smallest absolute Gasteiger partial charge is 0.118 e. The summed E-state index contributed by atoms with van der Waals surface area (Å²) >= 11 is 0. The van der Waals surface area contributed by atoms with E-state index in [2.05, 4.69) is 0 Å². The zero-order chi connectivity index (χ0) is 13.0. The second-order valence-electron chi connectivity index (χ2n) is 5.13. The molecule has 0 bridgehead atoms. The van der Waals surface area contributed by atoms with Crippen LogP contribution in [-0.2, 0) is 11.2 Å². The van der Waals surface area contributed by atoms with Crippen molar-refractivity contribution in [2.45, 2.75) is 51.2 Å². The Bertz CT molecular complexity index is 389. The van der Waals surface area contributed by atoms with Crippen molar-refractivity contribution in [1.82, 2.24) is 0 Å². The Balaban J connectivity index is 1.79. The molecule has 1 fully saturated rings. The Kier molecular flexibility index (Phi) is 4.61. The van der Waals surface area contributed by atoms with Gasteiger partial charge in [-0.2, -0.15) is 0 Å². The SMILES string of the molecule is Cc1cc(CCO[C@@H]2CCCC[C@@H]2O)ccc1O. The minimum absolute atomic E-state index is 0.0111. The number of aliphatic hydroxyl groups excluding tert-OH is 1. The number of rotatable bonds is 4. The molecule has 2 N–H and O–H groups in total. The lowest BCUT2D eigenvalue weighted by Gasteiger charge is -2.27. The van der Waals surface area contributed by atoms with Crippen LogP contribution >= 0.6 is 0 Å². The van der Waals surface area contributed by atoms with Gasteiger partial charge in [0.25, 0.3) is 0 Å². The molecule has 2 rings (SSSR count). The van der Waals surface area contributed by atoms with Crippen LogP contribution in [0.15, 0.2) is 18.2 Å². The van der Waals surface area contributed by atoms with Gasteiger partial charge < -0.3 is 14.9 Å². The predicted molar refractivity (Wildman–Crippen MR) is 70.8 cm³/mol. The summed E-state index contributed by atoms with van der Waals surface area (Å²) in [6, 6.07) is 5.62. The number of phenolic OH excluding ortho intramolecular Hbond substituents is 1. The molecule has 0 heterocycles. The van der Waals surface area contributed by atoms with Gasteiger partial charge in [0.2, 0.25) is 0 Å². The molecule has 1 aromatic rings. The van der Waals surface area contributed by atoms with Crippen molar-refractivity contribution in [2.24, 2.45) is 0 Å². The molecule has 3 nitrogen and oxygen atoms in total. The number of hydrogen-bond acceptors (Lipinski definition) is 3. The summed E-state index contributed by atoms with van der Waals surface area (Å²) in [5.41, 5.74) is 2.06. The van der Waals surface area contributed by atoms with Crippen molar-refractivity contribution < 1.29 is 14.9 Å². The molecule has 0 unspecified atom stereocenters. The van der Waals surface area contributed by atoms with Gasteiger partial charge in [-0.15, -0.1) is 0 Å². The molecule has 3 heteroatoms. The molecule has 0 saturated heterocycles. The van der Waals surface area contributed by atoms with Gasteiger partial charge in [-0.05, 0) is 43.4 Å². The summed E-state index contributed by atoms with van der Waals surface area (Å²) in [7, 11) is 0. The van der Waals surface area contributed by atoms with E-state index >= 15 is 0 Å². The lowest BCUT2D eigenvalue weighted by molar-refractivity contribution is -0.0575. The third-order valence-electron chi connectivity index (χ3n) is 3.65. The number of benzene rings is 1. The Labute approximate surface area is 108 Å². The topological polar surface area (TPSA) is 49.7 Å². The molecule has 18 heavy (non-hydrogen) atoms. The second-order valence-corrected chi connectivity index (χ2v) is 5.13. The van der Waals surface area contributed by atoms with Crippen molar-refractivity contribution in [3.63, 3.8) is 0 Å². The van der Waals surface area contributed by atoms with Gasteiger partial charge in [-0.25, -0.2) is 0 Å². The van der Waals surface area contributed by atoms with Gasteiger partial charge in [0, 0.05) is 0 Å². The third kappa shape index (κ3) is 3.47. The van der Waals surface area contributed by atoms with Crippen molar-refractivity contribution in [3.05, 3.63) is 29.3 Å². The van der Waals surface area contributed by atoms with E-state index < -0.39 is 0 Å². The van der Waals surface area contributed by atoms with Crippen molar-refractivity contribution in [3.8, 4) is 5.75 Å². The lowest BCUT2D eigenvalue weighted by atomic mass is 9.95. The van der Waals surface area contributed by atoms with Gasteiger partial charge in [-0.1, -0.05) is 25.0 Å². The van der Waals surface area contributed by atoms with Crippen LogP contribution in [0.2, 0.25) is 0 Å². The first-order chi connectivity index (χ1) is 8.66. The van der Waals surface area contributed by atoms with E-state index in [1.54, 1.807) is 6.07 Å². The maximum atomic E-state index is 9.79. The Morgan fingerprint density at radius 2 is 2.06 bits per heavy atom. The number of aromatic hydroxyl groups is 1. The normalized spacial score (nSPS) is 24.1. The quantitative estimate of drug-likeness (QED) is 0.863. The fourth-order valence-corrected chi connectivity index (χ4v) is 2.47. The highest BCUT2D eigenvalue weighted by Gasteiger charge is 2.23. The minimum atomic E-state index is -0.291. The monoisotopic (exact) mass is 250 g/mol. The average molecular weight is 250 g/mol. The van der Waals surface area contributed by atoms with Crippen LogP contribution in [0.5, 0.6) is 5.75 Å². The molecule has 1 aliphatic rings. The predicted octanol–water partition coefficient (Wildman–Crippen LogP) is 2.56. The highest BCUT2D eigenvalue weighted by molar-refractivity contribution is 5.34. The van der Waals surface area contributed by atoms with E-state index in [0.29, 0.717) is 12.4 Å². The van der Waals surface area contributed by atoms with Crippen LogP contribution in [0, 0.1) is 6.92 Å². The summed E-state index contributed by atoms with van der Waals surface area (Å²) in [6.07, 6.45) is 4.64. The summed E-state index contributed by atoms with van der Waals surface area (Å²) < 4.78 is 5.76. The van der Waals surface area contributed by atoms with E-state index in [4.69, 9.17) is 4.74 Å². The number of hydrogen-bond donors (Lipinski definition) is 2. The first-order valence-electron chi connectivity index (χ1n) is 6.75. The first-order valence-corrected chi connectivity index (χ1v) is 6.75. The largest absolute Gasteiger partial charge is 0.508 e. The van der Waals surface area contributed by atoms with Crippen molar-refractivity contribution in [2.75, 3.05) is 6.61 Å². The number of ether oxygens (including phenoxy) is 1. The highest BCUT2D eigenvalue weighted by atomic mass is 16.5. The van der Waals surface area contributed by atoms with Crippen LogP contribution in [-0.4, -0.2) is 29.0 Å². The van der Waals surface area contributed by atoms with Gasteiger partial charge in [0.05, 0.1) is 18.8 Å². The molecule has 0 aliphatic heterocycles. The van der Waals surface area contributed by atoms with E-state index in [0.717, 1.165) is 43.2 Å². The van der Waals surface area contributed by atoms with E-state index in [9.17, 15) is 10.2 Å². The van der Waals surface area contributed by atoms with Crippen LogP contribution < -0.4 is 0 Å². The molecule has 0 aromatic heterocycles. The Hall–Kier alpha value is -1.06. The number of phenols is 1. The minimum Gasteiger partial charge on any atom is -0.508 e. The molecular formula is C15H22O3. The molecule has 0 radical (unpaired) electrons. The van der Waals surface area contributed by atoms with Crippen LogP contribution in [0.3, 0.4) is 0 Å². The lowest BCUT2D eigenvalue weighted by Crippen LogP contribution is -2.32. The standard InChI is InChI=1S/C15H22O3/c1-11-10-12(6-7-13(11)16)8-9-18-15-5-3-2-4-14(15)17/h6-7,10,14-17H,2-5,8-9H2,1H3/t14-,15+/m0/s1. The molecule has 1 saturated carbocycles. The molecule has 1 aromatic carbocycles. The highest BCUT2D eigenvalue weighted by Crippen LogP contribution is 2.22. The van der Waals surface area contributed by atoms with Crippen LogP contribution in [0.4, 0.5) is 0 Å². The van der Waals surface area contributed by atoms with E-state index in [-0.39, 0.29) is 12.2 Å². The molecule has 1 aliphatic carbocycles. The fourth-order valence-electron chi connectivity index (χ4n) is 2.47. The van der Waals surface area contributed by atoms with Gasteiger partial charge in [0.15, 0.2) is 0 Å². The Morgan fingerprint density at radius 3 is 2.78 bits per heavy atom.